The average molecular weight is 226 g/mol. The van der Waals surface area contributed by atoms with Gasteiger partial charge in [-0.25, -0.2) is 0 Å². The predicted octanol–water partition coefficient (Wildman–Crippen LogP) is 1.43. The van der Waals surface area contributed by atoms with Crippen molar-refractivity contribution in [1.82, 2.24) is 5.32 Å². The second-order valence-corrected chi connectivity index (χ2v) is 4.98. The van der Waals surface area contributed by atoms with Gasteiger partial charge in [0.1, 0.15) is 0 Å². The Labute approximate surface area is 94.6 Å². The molecule has 0 spiro atoms. The van der Waals surface area contributed by atoms with Gasteiger partial charge in [-0.15, -0.1) is 11.3 Å². The summed E-state index contributed by atoms with van der Waals surface area (Å²) in [7, 11) is 0. The summed E-state index contributed by atoms with van der Waals surface area (Å²) >= 11 is 1.75. The van der Waals surface area contributed by atoms with Crippen molar-refractivity contribution in [3.63, 3.8) is 0 Å². The van der Waals surface area contributed by atoms with Crippen LogP contribution in [0.15, 0.2) is 11.4 Å². The van der Waals surface area contributed by atoms with Crippen LogP contribution in [0, 0.1) is 6.92 Å². The van der Waals surface area contributed by atoms with Gasteiger partial charge in [0.05, 0.1) is 13.2 Å². The van der Waals surface area contributed by atoms with E-state index in [9.17, 15) is 0 Å². The van der Waals surface area contributed by atoms with E-state index < -0.39 is 0 Å². The van der Waals surface area contributed by atoms with Crippen molar-refractivity contribution in [2.75, 3.05) is 19.8 Å². The van der Waals surface area contributed by atoms with Crippen molar-refractivity contribution >= 4 is 11.3 Å². The molecule has 15 heavy (non-hydrogen) atoms. The molecule has 2 rings (SSSR count). The van der Waals surface area contributed by atoms with Gasteiger partial charge in [0.25, 0.3) is 0 Å². The standard InChI is InChI=1S/C11H18N2OS/c1-8-2-5-15-11(8)10(12)6-9-7-14-4-3-13-9/h2,5,9-10,13H,3-4,6-7,12H2,1H3. The predicted molar refractivity (Wildman–Crippen MR) is 63.2 cm³/mol. The molecule has 2 heterocycles. The molecule has 3 N–H and O–H groups in total. The van der Waals surface area contributed by atoms with Crippen molar-refractivity contribution in [2.24, 2.45) is 5.73 Å². The van der Waals surface area contributed by atoms with Crippen LogP contribution < -0.4 is 11.1 Å². The Kier molecular flexibility index (Phi) is 3.75. The van der Waals surface area contributed by atoms with E-state index in [0.717, 1.165) is 26.2 Å². The number of ether oxygens (including phenoxy) is 1. The quantitative estimate of drug-likeness (QED) is 0.820. The Balaban J connectivity index is 1.91. The fraction of sp³-hybridized carbons (Fsp3) is 0.636. The molecule has 3 nitrogen and oxygen atoms in total. The molecule has 0 amide bonds. The molecule has 4 heteroatoms. The molecule has 2 atom stereocenters. The molecule has 1 aliphatic rings. The zero-order valence-corrected chi connectivity index (χ0v) is 9.85. The van der Waals surface area contributed by atoms with Crippen LogP contribution in [-0.2, 0) is 4.74 Å². The van der Waals surface area contributed by atoms with Crippen LogP contribution >= 0.6 is 11.3 Å². The van der Waals surface area contributed by atoms with E-state index in [1.54, 1.807) is 11.3 Å². The first-order valence-corrected chi connectivity index (χ1v) is 6.26. The lowest BCUT2D eigenvalue weighted by Gasteiger charge is -2.26. The van der Waals surface area contributed by atoms with E-state index in [1.165, 1.54) is 10.4 Å². The summed E-state index contributed by atoms with van der Waals surface area (Å²) in [5, 5.41) is 5.54. The summed E-state index contributed by atoms with van der Waals surface area (Å²) in [5.74, 6) is 0. The first kappa shape index (κ1) is 11.1. The van der Waals surface area contributed by atoms with Crippen LogP contribution in [0.25, 0.3) is 0 Å². The molecular weight excluding hydrogens is 208 g/mol. The second kappa shape index (κ2) is 5.07. The minimum Gasteiger partial charge on any atom is -0.379 e. The Morgan fingerprint density at radius 3 is 3.20 bits per heavy atom. The van der Waals surface area contributed by atoms with E-state index >= 15 is 0 Å². The zero-order valence-electron chi connectivity index (χ0n) is 9.03. The van der Waals surface area contributed by atoms with Gasteiger partial charge in [-0.1, -0.05) is 0 Å². The highest BCUT2D eigenvalue weighted by molar-refractivity contribution is 7.10. The minimum atomic E-state index is 0.143. The highest BCUT2D eigenvalue weighted by Crippen LogP contribution is 2.25. The number of rotatable bonds is 3. The van der Waals surface area contributed by atoms with Crippen molar-refractivity contribution in [1.29, 1.82) is 0 Å². The van der Waals surface area contributed by atoms with Gasteiger partial charge in [0, 0.05) is 23.5 Å². The summed E-state index contributed by atoms with van der Waals surface area (Å²) < 4.78 is 5.42. The van der Waals surface area contributed by atoms with Crippen LogP contribution in [0.1, 0.15) is 22.9 Å². The maximum Gasteiger partial charge on any atom is 0.0620 e. The maximum atomic E-state index is 6.19. The van der Waals surface area contributed by atoms with E-state index in [2.05, 4.69) is 23.7 Å². The van der Waals surface area contributed by atoms with Gasteiger partial charge in [-0.2, -0.15) is 0 Å². The van der Waals surface area contributed by atoms with Crippen LogP contribution in [0.3, 0.4) is 0 Å². The topological polar surface area (TPSA) is 47.3 Å². The molecule has 0 aromatic carbocycles. The van der Waals surface area contributed by atoms with Gasteiger partial charge in [-0.05, 0) is 30.4 Å². The molecule has 1 aromatic heterocycles. The number of hydrogen-bond donors (Lipinski definition) is 2. The molecule has 84 valence electrons. The van der Waals surface area contributed by atoms with E-state index in [-0.39, 0.29) is 6.04 Å². The summed E-state index contributed by atoms with van der Waals surface area (Å²) in [5.41, 5.74) is 7.50. The fourth-order valence-corrected chi connectivity index (χ4v) is 2.89. The number of hydrogen-bond acceptors (Lipinski definition) is 4. The first-order valence-electron chi connectivity index (χ1n) is 5.38. The monoisotopic (exact) mass is 226 g/mol. The number of nitrogens with one attached hydrogen (secondary N) is 1. The molecule has 1 aromatic rings. The molecule has 1 saturated heterocycles. The molecule has 0 saturated carbocycles. The SMILES string of the molecule is Cc1ccsc1C(N)CC1COCCN1. The maximum absolute atomic E-state index is 6.19. The van der Waals surface area contributed by atoms with Gasteiger partial charge in [0.2, 0.25) is 0 Å². The van der Waals surface area contributed by atoms with Crippen molar-refractivity contribution in [3.8, 4) is 0 Å². The lowest BCUT2D eigenvalue weighted by atomic mass is 10.0. The van der Waals surface area contributed by atoms with E-state index in [0.29, 0.717) is 6.04 Å². The Bertz CT molecular complexity index is 307. The molecule has 1 fully saturated rings. The van der Waals surface area contributed by atoms with E-state index in [1.807, 2.05) is 0 Å². The van der Waals surface area contributed by atoms with Crippen LogP contribution in [0.4, 0.5) is 0 Å². The lowest BCUT2D eigenvalue weighted by Crippen LogP contribution is -2.42. The van der Waals surface area contributed by atoms with Crippen LogP contribution in [0.5, 0.6) is 0 Å². The van der Waals surface area contributed by atoms with Crippen molar-refractivity contribution in [3.05, 3.63) is 21.9 Å². The van der Waals surface area contributed by atoms with Crippen LogP contribution in [0.2, 0.25) is 0 Å². The number of aryl methyl sites for hydroxylation is 1. The fourth-order valence-electron chi connectivity index (χ4n) is 1.95. The van der Waals surface area contributed by atoms with Gasteiger partial charge < -0.3 is 15.8 Å². The molecule has 0 bridgehead atoms. The van der Waals surface area contributed by atoms with Gasteiger partial charge in [0.15, 0.2) is 0 Å². The molecular formula is C11H18N2OS. The molecule has 0 aliphatic carbocycles. The molecule has 0 radical (unpaired) electrons. The zero-order chi connectivity index (χ0) is 10.7. The Morgan fingerprint density at radius 2 is 2.60 bits per heavy atom. The number of nitrogens with two attached hydrogens (primary N) is 1. The largest absolute Gasteiger partial charge is 0.379 e. The van der Waals surface area contributed by atoms with Crippen LogP contribution in [-0.4, -0.2) is 25.8 Å². The van der Waals surface area contributed by atoms with Gasteiger partial charge >= 0.3 is 0 Å². The smallest absolute Gasteiger partial charge is 0.0620 e. The third kappa shape index (κ3) is 2.78. The molecule has 1 aliphatic heterocycles. The Hall–Kier alpha value is -0.420. The average Bonchev–Trinajstić information content (AvgIpc) is 2.66. The summed E-state index contributed by atoms with van der Waals surface area (Å²) in [6.07, 6.45) is 0.960. The Morgan fingerprint density at radius 1 is 1.73 bits per heavy atom. The summed E-state index contributed by atoms with van der Waals surface area (Å²) in [6, 6.07) is 2.68. The highest BCUT2D eigenvalue weighted by atomic mass is 32.1. The number of morpholine rings is 1. The van der Waals surface area contributed by atoms with Crippen molar-refractivity contribution in [2.45, 2.75) is 25.4 Å². The normalized spacial score (nSPS) is 24.0. The molecule has 2 unspecified atom stereocenters. The van der Waals surface area contributed by atoms with Gasteiger partial charge in [-0.3, -0.25) is 0 Å². The minimum absolute atomic E-state index is 0.143. The number of thiophene rings is 1. The third-order valence-electron chi connectivity index (χ3n) is 2.78. The third-order valence-corrected chi connectivity index (χ3v) is 3.93. The lowest BCUT2D eigenvalue weighted by molar-refractivity contribution is 0.0721. The second-order valence-electron chi connectivity index (χ2n) is 4.04. The van der Waals surface area contributed by atoms with E-state index in [4.69, 9.17) is 10.5 Å². The highest BCUT2D eigenvalue weighted by Gasteiger charge is 2.19. The van der Waals surface area contributed by atoms with Crippen molar-refractivity contribution < 1.29 is 4.74 Å². The summed E-state index contributed by atoms with van der Waals surface area (Å²) in [6.45, 7) is 4.68. The first-order chi connectivity index (χ1) is 7.27. The summed E-state index contributed by atoms with van der Waals surface area (Å²) in [4.78, 5) is 1.31.